The van der Waals surface area contributed by atoms with Gasteiger partial charge in [0, 0.05) is 51.0 Å². The summed E-state index contributed by atoms with van der Waals surface area (Å²) >= 11 is 0. The Labute approximate surface area is 563 Å². The third-order valence-electron chi connectivity index (χ3n) is 23.8. The van der Waals surface area contributed by atoms with E-state index in [0.717, 1.165) is 38.5 Å². The van der Waals surface area contributed by atoms with Crippen molar-refractivity contribution in [2.75, 3.05) is 9.80 Å². The quantitative estimate of drug-likeness (QED) is 0.105. The van der Waals surface area contributed by atoms with E-state index in [2.05, 4.69) is 265 Å². The zero-order valence-electron chi connectivity index (χ0n) is 58.0. The SMILES string of the molecule is CC(C)(C)c1cccc(-c2cc3c4c(c2)N(C2C(C5CC=CCC5)=CCCC2C2=CCCCC2)c2cc(-n5c6ccccc6c6ccccc65)ccc2B4c2ccc(-c4cc(C(C)(C)C)cc(C(C)(C)C)c4)cc2N3C2C(C3CC=CCC3)=CCCC2C2=CCCCC2)c1. The Balaban J connectivity index is 1.04. The normalized spacial score (nSPS) is 23.1. The molecular weight excluding hydrogens is 1130 g/mol. The summed E-state index contributed by atoms with van der Waals surface area (Å²) in [5.74, 6) is 1.77. The molecule has 4 heteroatoms. The molecule has 0 saturated carbocycles. The van der Waals surface area contributed by atoms with Gasteiger partial charge in [0.15, 0.2) is 0 Å². The fourth-order valence-corrected chi connectivity index (χ4v) is 18.9. The van der Waals surface area contributed by atoms with E-state index in [1.807, 2.05) is 0 Å². The molecule has 6 atom stereocenters. The highest BCUT2D eigenvalue weighted by molar-refractivity contribution is 7.00. The van der Waals surface area contributed by atoms with Gasteiger partial charge in [0.25, 0.3) is 6.71 Å². The van der Waals surface area contributed by atoms with E-state index in [4.69, 9.17) is 0 Å². The largest absolute Gasteiger partial charge is 0.334 e. The van der Waals surface area contributed by atoms with E-state index in [1.165, 1.54) is 183 Å². The highest BCUT2D eigenvalue weighted by Gasteiger charge is 2.51. The lowest BCUT2D eigenvalue weighted by Crippen LogP contribution is -2.65. The van der Waals surface area contributed by atoms with Crippen molar-refractivity contribution in [1.82, 2.24) is 4.57 Å². The van der Waals surface area contributed by atoms with Crippen molar-refractivity contribution < 1.29 is 0 Å². The van der Waals surface area contributed by atoms with Gasteiger partial charge in [-0.15, -0.1) is 0 Å². The van der Waals surface area contributed by atoms with E-state index >= 15 is 0 Å². The van der Waals surface area contributed by atoms with Gasteiger partial charge in [-0.05, 0) is 253 Å². The number of benzene rings is 7. The van der Waals surface area contributed by atoms with Crippen LogP contribution in [0.25, 0.3) is 49.7 Å². The molecule has 0 amide bonds. The molecule has 2 aliphatic heterocycles. The highest BCUT2D eigenvalue weighted by Crippen LogP contribution is 2.54. The molecule has 0 bridgehead atoms. The molecule has 0 fully saturated rings. The van der Waals surface area contributed by atoms with Crippen molar-refractivity contribution in [3.63, 3.8) is 0 Å². The topological polar surface area (TPSA) is 11.4 Å². The molecule has 3 nitrogen and oxygen atoms in total. The number of rotatable bonds is 9. The third kappa shape index (κ3) is 10.9. The number of fused-ring (bicyclic) bond motifs is 7. The van der Waals surface area contributed by atoms with Crippen LogP contribution >= 0.6 is 0 Å². The van der Waals surface area contributed by atoms with Gasteiger partial charge in [-0.1, -0.05) is 219 Å². The fourth-order valence-electron chi connectivity index (χ4n) is 18.9. The van der Waals surface area contributed by atoms with E-state index in [-0.39, 0.29) is 35.0 Å². The van der Waals surface area contributed by atoms with E-state index in [9.17, 15) is 0 Å². The van der Waals surface area contributed by atoms with Crippen LogP contribution in [0.2, 0.25) is 0 Å². The van der Waals surface area contributed by atoms with Crippen molar-refractivity contribution in [1.29, 1.82) is 0 Å². The van der Waals surface area contributed by atoms with Crippen molar-refractivity contribution in [3.05, 3.63) is 227 Å². The maximum absolute atomic E-state index is 3.08. The summed E-state index contributed by atoms with van der Waals surface area (Å²) in [6.45, 7) is 21.6. The van der Waals surface area contributed by atoms with Crippen LogP contribution in [0, 0.1) is 23.7 Å². The van der Waals surface area contributed by atoms with Crippen LogP contribution < -0.4 is 26.2 Å². The first-order valence-electron chi connectivity index (χ1n) is 36.9. The first kappa shape index (κ1) is 61.3. The maximum Gasteiger partial charge on any atom is 0.252 e. The van der Waals surface area contributed by atoms with E-state index < -0.39 is 0 Å². The summed E-state index contributed by atoms with van der Waals surface area (Å²) in [5.41, 5.74) is 30.0. The van der Waals surface area contributed by atoms with Gasteiger partial charge in [-0.3, -0.25) is 0 Å². The minimum Gasteiger partial charge on any atom is -0.334 e. The Hall–Kier alpha value is -7.56. The van der Waals surface area contributed by atoms with Crippen LogP contribution in [0.1, 0.15) is 195 Å². The molecule has 16 rings (SSSR count). The number of hydrogen-bond acceptors (Lipinski definition) is 2. The predicted molar refractivity (Wildman–Crippen MR) is 405 cm³/mol. The second-order valence-corrected chi connectivity index (χ2v) is 32.8. The molecule has 1 aromatic heterocycles. The Bertz CT molecular complexity index is 4380. The average molecular weight is 1230 g/mol. The number of anilines is 4. The molecule has 0 spiro atoms. The van der Waals surface area contributed by atoms with Crippen LogP contribution in [0.4, 0.5) is 22.7 Å². The van der Waals surface area contributed by atoms with Gasteiger partial charge >= 0.3 is 0 Å². The first-order chi connectivity index (χ1) is 45.5. The summed E-state index contributed by atoms with van der Waals surface area (Å²) in [6.07, 6.45) is 42.5. The molecule has 6 aliphatic carbocycles. The highest BCUT2D eigenvalue weighted by atomic mass is 15.2. The van der Waals surface area contributed by atoms with Crippen molar-refractivity contribution in [2.24, 2.45) is 23.7 Å². The number of allylic oxidation sites excluding steroid dienone is 8. The Morgan fingerprint density at radius 3 is 1.38 bits per heavy atom. The smallest absolute Gasteiger partial charge is 0.252 e. The average Bonchev–Trinajstić information content (AvgIpc) is 0.794. The summed E-state index contributed by atoms with van der Waals surface area (Å²) < 4.78 is 2.60. The van der Waals surface area contributed by atoms with Gasteiger partial charge in [0.1, 0.15) is 0 Å². The second kappa shape index (κ2) is 24.3. The van der Waals surface area contributed by atoms with Crippen LogP contribution in [-0.2, 0) is 16.2 Å². The monoisotopic (exact) mass is 1230 g/mol. The Morgan fingerprint density at radius 1 is 0.383 bits per heavy atom. The zero-order chi connectivity index (χ0) is 64.2. The number of nitrogens with zero attached hydrogens (tertiary/aromatic N) is 3. The summed E-state index contributed by atoms with van der Waals surface area (Å²) in [5, 5.41) is 2.61. The summed E-state index contributed by atoms with van der Waals surface area (Å²) in [6, 6.07) is 57.2. The molecule has 0 saturated heterocycles. The number of hydrogen-bond donors (Lipinski definition) is 0. The van der Waals surface area contributed by atoms with Crippen molar-refractivity contribution in [2.45, 2.75) is 206 Å². The number of aromatic nitrogens is 1. The van der Waals surface area contributed by atoms with Gasteiger partial charge in [-0.2, -0.15) is 0 Å². The minimum absolute atomic E-state index is 0.0210. The Morgan fingerprint density at radius 2 is 0.872 bits per heavy atom. The molecule has 0 radical (unpaired) electrons. The van der Waals surface area contributed by atoms with Gasteiger partial charge in [0.05, 0.1) is 23.1 Å². The van der Waals surface area contributed by atoms with Gasteiger partial charge in [-0.25, -0.2) is 0 Å². The molecule has 8 aliphatic rings. The molecule has 478 valence electrons. The molecule has 94 heavy (non-hydrogen) atoms. The molecular formula is C90H100BN3. The van der Waals surface area contributed by atoms with Crippen molar-refractivity contribution in [3.8, 4) is 27.9 Å². The van der Waals surface area contributed by atoms with Crippen LogP contribution in [-0.4, -0.2) is 23.4 Å². The van der Waals surface area contributed by atoms with Gasteiger partial charge in [0.2, 0.25) is 0 Å². The minimum atomic E-state index is -0.0232. The lowest BCUT2D eigenvalue weighted by molar-refractivity contribution is 0.391. The van der Waals surface area contributed by atoms with Crippen LogP contribution in [0.5, 0.6) is 0 Å². The molecule has 0 N–H and O–H groups in total. The standard InChI is InChI=1S/C90H100BN3/c1-88(2,3)67-38-26-37-63(51-67)66-55-83-85-84(56-66)94(87-73(61-33-18-12-19-34-61)43-28-44-74(87)62-35-20-13-21-36-62)82-58-70(92-79-45-24-22-39-75(79)76-40-23-25-46-80(76)92)48-50-78(82)91(85)77-49-47-64(65-52-68(89(4,5)6)57-69(53-65)90(7,8)9)54-81(77)93(83)86-71(59-29-14-10-15-30-59)41-27-42-72(86)60-31-16-11-17-32-60/h10,12,14,18,22-26,31,35,37-41,43,45-59,61,72,74,86-87H,11,13,15-17,19-21,27-30,32-34,36,42,44H2,1-9H3. The van der Waals surface area contributed by atoms with Crippen molar-refractivity contribution >= 4 is 67.7 Å². The summed E-state index contributed by atoms with van der Waals surface area (Å²) in [4.78, 5) is 6.14. The molecule has 6 unspecified atom stereocenters. The van der Waals surface area contributed by atoms with Gasteiger partial charge < -0.3 is 14.4 Å². The number of para-hydroxylation sites is 2. The molecule has 7 aromatic carbocycles. The van der Waals surface area contributed by atoms with E-state index in [0.29, 0.717) is 23.7 Å². The lowest BCUT2D eigenvalue weighted by Gasteiger charge is -2.53. The van der Waals surface area contributed by atoms with Crippen LogP contribution in [0.15, 0.2) is 210 Å². The predicted octanol–water partition coefficient (Wildman–Crippen LogP) is 22.6. The zero-order valence-corrected chi connectivity index (χ0v) is 58.0. The Kier molecular flexibility index (Phi) is 15.8. The second-order valence-electron chi connectivity index (χ2n) is 32.8. The summed E-state index contributed by atoms with van der Waals surface area (Å²) in [7, 11) is 0. The first-order valence-corrected chi connectivity index (χ1v) is 36.9. The maximum atomic E-state index is 3.08. The third-order valence-corrected chi connectivity index (χ3v) is 23.8. The molecule has 3 heterocycles. The fraction of sp³-hybridized carbons (Fsp3) is 0.400. The molecule has 8 aromatic rings. The lowest BCUT2D eigenvalue weighted by atomic mass is 9.33. The van der Waals surface area contributed by atoms with E-state index in [1.54, 1.807) is 22.3 Å². The van der Waals surface area contributed by atoms with Crippen LogP contribution in [0.3, 0.4) is 0 Å².